The molecule has 0 fully saturated rings. The van der Waals surface area contributed by atoms with Gasteiger partial charge in [0.05, 0.1) is 22.2 Å². The predicted octanol–water partition coefficient (Wildman–Crippen LogP) is 4.29. The van der Waals surface area contributed by atoms with Crippen LogP contribution in [0.3, 0.4) is 0 Å². The van der Waals surface area contributed by atoms with Crippen molar-refractivity contribution in [1.82, 2.24) is 5.32 Å². The highest BCUT2D eigenvalue weighted by atomic mass is 35.5. The normalized spacial score (nSPS) is 11.1. The molecule has 0 spiro atoms. The van der Waals surface area contributed by atoms with Crippen LogP contribution in [0.15, 0.2) is 83.8 Å². The summed E-state index contributed by atoms with van der Waals surface area (Å²) < 4.78 is 33.5. The fourth-order valence-corrected chi connectivity index (χ4v) is 4.84. The Kier molecular flexibility index (Phi) is 8.14. The largest absolute Gasteiger partial charge is 0.490 e. The number of para-hydroxylation sites is 2. The maximum Gasteiger partial charge on any atom is 0.264 e. The lowest BCUT2D eigenvalue weighted by Gasteiger charge is -2.26. The first kappa shape index (κ1) is 23.6. The third-order valence-electron chi connectivity index (χ3n) is 4.78. The van der Waals surface area contributed by atoms with Gasteiger partial charge >= 0.3 is 0 Å². The smallest absolute Gasteiger partial charge is 0.264 e. The minimum atomic E-state index is -3.94. The Bertz CT molecular complexity index is 1150. The second kappa shape index (κ2) is 11.0. The van der Waals surface area contributed by atoms with E-state index in [1.165, 1.54) is 12.1 Å². The van der Waals surface area contributed by atoms with E-state index in [4.69, 9.17) is 16.3 Å². The van der Waals surface area contributed by atoms with Crippen LogP contribution in [0.25, 0.3) is 0 Å². The lowest BCUT2D eigenvalue weighted by atomic mass is 10.1. The zero-order valence-corrected chi connectivity index (χ0v) is 19.3. The Labute approximate surface area is 193 Å². The number of hydrogen-bond donors (Lipinski definition) is 1. The van der Waals surface area contributed by atoms with Crippen molar-refractivity contribution >= 4 is 33.2 Å². The average Bonchev–Trinajstić information content (AvgIpc) is 2.82. The Morgan fingerprint density at radius 1 is 0.969 bits per heavy atom. The summed E-state index contributed by atoms with van der Waals surface area (Å²) in [6.07, 6.45) is 0.629. The summed E-state index contributed by atoms with van der Waals surface area (Å²) in [5, 5.41) is 3.20. The minimum Gasteiger partial charge on any atom is -0.490 e. The number of hydrogen-bond acceptors (Lipinski definition) is 4. The van der Waals surface area contributed by atoms with Crippen molar-refractivity contribution in [2.75, 3.05) is 24.0 Å². The van der Waals surface area contributed by atoms with Crippen LogP contribution in [0, 0.1) is 0 Å². The van der Waals surface area contributed by atoms with Gasteiger partial charge in [-0.05, 0) is 42.3 Å². The molecule has 0 saturated carbocycles. The molecule has 0 unspecified atom stereocenters. The number of benzene rings is 3. The number of nitrogens with zero attached hydrogens (tertiary/aromatic N) is 1. The van der Waals surface area contributed by atoms with Crippen molar-refractivity contribution in [3.8, 4) is 5.75 Å². The maximum atomic E-state index is 13.4. The van der Waals surface area contributed by atoms with Crippen molar-refractivity contribution in [1.29, 1.82) is 0 Å². The Morgan fingerprint density at radius 2 is 1.62 bits per heavy atom. The topological polar surface area (TPSA) is 75.7 Å². The summed E-state index contributed by atoms with van der Waals surface area (Å²) in [5.74, 6) is 0.0896. The van der Waals surface area contributed by atoms with E-state index in [9.17, 15) is 13.2 Å². The van der Waals surface area contributed by atoms with Crippen LogP contribution in [0.4, 0.5) is 5.69 Å². The van der Waals surface area contributed by atoms with E-state index in [0.29, 0.717) is 22.9 Å². The lowest BCUT2D eigenvalue weighted by Crippen LogP contribution is -2.42. The molecule has 168 valence electrons. The number of nitrogens with one attached hydrogen (secondary N) is 1. The Hall–Kier alpha value is -3.03. The molecule has 0 atom stereocenters. The van der Waals surface area contributed by atoms with Crippen LogP contribution in [-0.4, -0.2) is 34.0 Å². The molecule has 8 heteroatoms. The summed E-state index contributed by atoms with van der Waals surface area (Å²) in [6.45, 7) is 2.00. The van der Waals surface area contributed by atoms with Crippen LogP contribution < -0.4 is 14.4 Å². The van der Waals surface area contributed by atoms with Gasteiger partial charge < -0.3 is 10.1 Å². The van der Waals surface area contributed by atoms with Crippen molar-refractivity contribution in [2.24, 2.45) is 0 Å². The molecule has 0 saturated heterocycles. The van der Waals surface area contributed by atoms with Crippen LogP contribution in [0.2, 0.25) is 5.02 Å². The molecule has 0 bridgehead atoms. The van der Waals surface area contributed by atoms with E-state index in [1.807, 2.05) is 19.1 Å². The number of anilines is 1. The second-order valence-electron chi connectivity index (χ2n) is 6.94. The van der Waals surface area contributed by atoms with Gasteiger partial charge in [0.25, 0.3) is 10.0 Å². The van der Waals surface area contributed by atoms with Crippen LogP contribution >= 0.6 is 11.6 Å². The monoisotopic (exact) mass is 472 g/mol. The predicted molar refractivity (Wildman–Crippen MR) is 127 cm³/mol. The molecule has 3 rings (SSSR count). The van der Waals surface area contributed by atoms with Crippen LogP contribution in [0.1, 0.15) is 12.5 Å². The van der Waals surface area contributed by atoms with Crippen molar-refractivity contribution < 1.29 is 17.9 Å². The number of aryl methyl sites for hydroxylation is 1. The van der Waals surface area contributed by atoms with E-state index in [1.54, 1.807) is 54.6 Å². The zero-order valence-electron chi connectivity index (χ0n) is 17.7. The van der Waals surface area contributed by atoms with Gasteiger partial charge in [-0.1, -0.05) is 67.1 Å². The highest BCUT2D eigenvalue weighted by Crippen LogP contribution is 2.27. The average molecular weight is 473 g/mol. The highest BCUT2D eigenvalue weighted by molar-refractivity contribution is 7.92. The summed E-state index contributed by atoms with van der Waals surface area (Å²) in [6, 6.07) is 22.3. The fraction of sp³-hybridized carbons (Fsp3) is 0.208. The molecule has 1 amide bonds. The lowest BCUT2D eigenvalue weighted by molar-refractivity contribution is -0.119. The third kappa shape index (κ3) is 5.81. The Morgan fingerprint density at radius 3 is 2.34 bits per heavy atom. The van der Waals surface area contributed by atoms with Gasteiger partial charge in [-0.25, -0.2) is 8.42 Å². The summed E-state index contributed by atoms with van der Waals surface area (Å²) in [4.78, 5) is 12.8. The number of carbonyl (C=O) groups excluding carboxylic acids is 1. The van der Waals surface area contributed by atoms with Crippen LogP contribution in [0.5, 0.6) is 5.75 Å². The summed E-state index contributed by atoms with van der Waals surface area (Å²) in [7, 11) is -3.94. The van der Waals surface area contributed by atoms with E-state index >= 15 is 0 Å². The van der Waals surface area contributed by atoms with Crippen molar-refractivity contribution in [2.45, 2.75) is 18.2 Å². The van der Waals surface area contributed by atoms with E-state index in [0.717, 1.165) is 9.87 Å². The molecule has 3 aromatic carbocycles. The van der Waals surface area contributed by atoms with E-state index in [-0.39, 0.29) is 24.6 Å². The number of rotatable bonds is 10. The SMILES string of the molecule is CCc1ccccc1N(CC(=O)NCCOc1ccccc1Cl)S(=O)(=O)c1ccccc1. The van der Waals surface area contributed by atoms with Gasteiger partial charge in [0, 0.05) is 0 Å². The van der Waals surface area contributed by atoms with Gasteiger partial charge in [-0.3, -0.25) is 9.10 Å². The molecule has 0 aliphatic rings. The van der Waals surface area contributed by atoms with Crippen LogP contribution in [-0.2, 0) is 21.2 Å². The standard InChI is InChI=1S/C24H25ClN2O4S/c1-2-19-10-6-8-14-22(19)27(32(29,30)20-11-4-3-5-12-20)18-24(28)26-16-17-31-23-15-9-7-13-21(23)25/h3-15H,2,16-18H2,1H3,(H,26,28). The molecule has 0 heterocycles. The van der Waals surface area contributed by atoms with E-state index in [2.05, 4.69) is 5.32 Å². The molecule has 32 heavy (non-hydrogen) atoms. The molecule has 0 aliphatic heterocycles. The molecule has 6 nitrogen and oxygen atoms in total. The maximum absolute atomic E-state index is 13.4. The first-order valence-electron chi connectivity index (χ1n) is 10.2. The quantitative estimate of drug-likeness (QED) is 0.446. The minimum absolute atomic E-state index is 0.126. The van der Waals surface area contributed by atoms with Gasteiger partial charge in [-0.15, -0.1) is 0 Å². The van der Waals surface area contributed by atoms with Crippen molar-refractivity contribution in [3.05, 3.63) is 89.4 Å². The van der Waals surface area contributed by atoms with E-state index < -0.39 is 15.9 Å². The molecule has 0 aromatic heterocycles. The molecule has 3 aromatic rings. The number of halogens is 1. The first-order valence-corrected chi connectivity index (χ1v) is 12.0. The number of amides is 1. The number of carbonyl (C=O) groups is 1. The fourth-order valence-electron chi connectivity index (χ4n) is 3.17. The third-order valence-corrected chi connectivity index (χ3v) is 6.86. The van der Waals surface area contributed by atoms with Gasteiger partial charge in [0.2, 0.25) is 5.91 Å². The molecular weight excluding hydrogens is 448 g/mol. The Balaban J connectivity index is 1.74. The highest BCUT2D eigenvalue weighted by Gasteiger charge is 2.28. The van der Waals surface area contributed by atoms with Gasteiger partial charge in [0.1, 0.15) is 18.9 Å². The van der Waals surface area contributed by atoms with Gasteiger partial charge in [0.15, 0.2) is 0 Å². The van der Waals surface area contributed by atoms with Crippen molar-refractivity contribution in [3.63, 3.8) is 0 Å². The second-order valence-corrected chi connectivity index (χ2v) is 9.21. The molecule has 0 aliphatic carbocycles. The summed E-state index contributed by atoms with van der Waals surface area (Å²) >= 11 is 6.05. The molecular formula is C24H25ClN2O4S. The zero-order chi connectivity index (χ0) is 23.0. The molecule has 1 N–H and O–H groups in total. The number of ether oxygens (including phenoxy) is 1. The first-order chi connectivity index (χ1) is 15.4. The molecule has 0 radical (unpaired) electrons. The van der Waals surface area contributed by atoms with Gasteiger partial charge in [-0.2, -0.15) is 0 Å². The summed E-state index contributed by atoms with van der Waals surface area (Å²) in [5.41, 5.74) is 1.32. The number of sulfonamides is 1.